The third-order valence-electron chi connectivity index (χ3n) is 4.06. The van der Waals surface area contributed by atoms with Gasteiger partial charge >= 0.3 is 12.1 Å². The summed E-state index contributed by atoms with van der Waals surface area (Å²) in [6, 6.07) is 8.86. The smallest absolute Gasteiger partial charge is 0.409 e. The van der Waals surface area contributed by atoms with Gasteiger partial charge in [-0.15, -0.1) is 0 Å². The van der Waals surface area contributed by atoms with E-state index >= 15 is 0 Å². The Bertz CT molecular complexity index is 732. The molecule has 2 N–H and O–H groups in total. The summed E-state index contributed by atoms with van der Waals surface area (Å²) in [5.74, 6) is 0. The third-order valence-corrected chi connectivity index (χ3v) is 4.06. The van der Waals surface area contributed by atoms with Gasteiger partial charge in [0.15, 0.2) is 0 Å². The number of hydrogen-bond donors (Lipinski definition) is 2. The van der Waals surface area contributed by atoms with Gasteiger partial charge in [0, 0.05) is 37.2 Å². The zero-order valence-electron chi connectivity index (χ0n) is 14.0. The zero-order chi connectivity index (χ0) is 17.6. The predicted octanol–water partition coefficient (Wildman–Crippen LogP) is 2.22. The number of anilines is 1. The largest absolute Gasteiger partial charge is 0.453 e. The van der Waals surface area contributed by atoms with Gasteiger partial charge < -0.3 is 20.3 Å². The van der Waals surface area contributed by atoms with E-state index in [0.29, 0.717) is 18.8 Å². The number of benzene rings is 1. The lowest BCUT2D eigenvalue weighted by Crippen LogP contribution is -2.50. The molecule has 1 unspecified atom stereocenters. The van der Waals surface area contributed by atoms with Gasteiger partial charge in [-0.2, -0.15) is 5.10 Å². The maximum absolute atomic E-state index is 12.2. The minimum atomic E-state index is -0.362. The average Bonchev–Trinajstić information content (AvgIpc) is 3.16. The maximum atomic E-state index is 12.2. The summed E-state index contributed by atoms with van der Waals surface area (Å²) >= 11 is 0. The van der Waals surface area contributed by atoms with Crippen molar-refractivity contribution in [3.05, 3.63) is 42.7 Å². The molecule has 1 aliphatic rings. The van der Waals surface area contributed by atoms with Crippen LogP contribution in [0.25, 0.3) is 5.69 Å². The zero-order valence-corrected chi connectivity index (χ0v) is 14.0. The molecule has 1 aliphatic heterocycles. The molecule has 0 spiro atoms. The Kier molecular flexibility index (Phi) is 5.17. The fraction of sp³-hybridized carbons (Fsp3) is 0.353. The summed E-state index contributed by atoms with van der Waals surface area (Å²) in [6.45, 7) is 1.10. The monoisotopic (exact) mass is 343 g/mol. The highest BCUT2D eigenvalue weighted by atomic mass is 16.5. The van der Waals surface area contributed by atoms with Crippen LogP contribution in [0.1, 0.15) is 12.8 Å². The Balaban J connectivity index is 1.57. The minimum Gasteiger partial charge on any atom is -0.453 e. The first kappa shape index (κ1) is 16.8. The van der Waals surface area contributed by atoms with Crippen molar-refractivity contribution in [3.8, 4) is 5.69 Å². The molecule has 132 valence electrons. The van der Waals surface area contributed by atoms with Gasteiger partial charge in [-0.05, 0) is 37.1 Å². The first-order valence-corrected chi connectivity index (χ1v) is 8.16. The van der Waals surface area contributed by atoms with E-state index in [1.165, 1.54) is 7.11 Å². The second-order valence-corrected chi connectivity index (χ2v) is 5.85. The number of nitrogens with zero attached hydrogens (tertiary/aromatic N) is 3. The third kappa shape index (κ3) is 4.28. The summed E-state index contributed by atoms with van der Waals surface area (Å²) in [4.78, 5) is 25.5. The van der Waals surface area contributed by atoms with Crippen LogP contribution in [0.2, 0.25) is 0 Å². The Labute approximate surface area is 145 Å². The van der Waals surface area contributed by atoms with Gasteiger partial charge in [0.1, 0.15) is 0 Å². The average molecular weight is 343 g/mol. The van der Waals surface area contributed by atoms with E-state index in [2.05, 4.69) is 15.7 Å². The molecule has 8 heteroatoms. The molecule has 2 heterocycles. The number of piperidine rings is 1. The maximum Gasteiger partial charge on any atom is 0.409 e. The standard InChI is InChI=1S/C17H21N5O3/c1-25-17(24)21-9-3-6-14(12-21)20-16(23)19-13-5-2-7-15(11-13)22-10-4-8-18-22/h2,4-5,7-8,10-11,14H,3,6,9,12H2,1H3,(H2,19,20,23). The van der Waals surface area contributed by atoms with Crippen molar-refractivity contribution in [1.29, 1.82) is 0 Å². The number of carbonyl (C=O) groups excluding carboxylic acids is 2. The summed E-state index contributed by atoms with van der Waals surface area (Å²) in [7, 11) is 1.36. The lowest BCUT2D eigenvalue weighted by Gasteiger charge is -2.32. The highest BCUT2D eigenvalue weighted by molar-refractivity contribution is 5.89. The summed E-state index contributed by atoms with van der Waals surface area (Å²) in [5, 5.41) is 9.90. The first-order valence-electron chi connectivity index (χ1n) is 8.16. The number of aromatic nitrogens is 2. The SMILES string of the molecule is COC(=O)N1CCCC(NC(=O)Nc2cccc(-n3cccn3)c2)C1. The number of nitrogens with one attached hydrogen (secondary N) is 2. The number of amides is 3. The molecule has 0 saturated carbocycles. The van der Waals surface area contributed by atoms with Crippen LogP contribution in [0, 0.1) is 0 Å². The number of likely N-dealkylation sites (tertiary alicyclic amines) is 1. The molecule has 1 aromatic heterocycles. The van der Waals surface area contributed by atoms with Crippen molar-refractivity contribution in [2.45, 2.75) is 18.9 Å². The molecule has 2 aromatic rings. The number of methoxy groups -OCH3 is 1. The lowest BCUT2D eigenvalue weighted by molar-refractivity contribution is 0.108. The molecule has 25 heavy (non-hydrogen) atoms. The van der Waals surface area contributed by atoms with Gasteiger partial charge in [0.05, 0.1) is 12.8 Å². The molecule has 8 nitrogen and oxygen atoms in total. The van der Waals surface area contributed by atoms with E-state index in [-0.39, 0.29) is 18.2 Å². The summed E-state index contributed by atoms with van der Waals surface area (Å²) in [6.07, 6.45) is 4.83. The van der Waals surface area contributed by atoms with Crippen LogP contribution in [-0.4, -0.2) is 53.0 Å². The highest BCUT2D eigenvalue weighted by Gasteiger charge is 2.25. The molecule has 1 saturated heterocycles. The highest BCUT2D eigenvalue weighted by Crippen LogP contribution is 2.15. The normalized spacial score (nSPS) is 17.0. The van der Waals surface area contributed by atoms with Gasteiger partial charge in [0.25, 0.3) is 0 Å². The van der Waals surface area contributed by atoms with E-state index in [9.17, 15) is 9.59 Å². The van der Waals surface area contributed by atoms with Crippen LogP contribution in [-0.2, 0) is 4.74 Å². The molecular weight excluding hydrogens is 322 g/mol. The van der Waals surface area contributed by atoms with Crippen molar-refractivity contribution in [1.82, 2.24) is 20.0 Å². The first-order chi connectivity index (χ1) is 12.2. The van der Waals surface area contributed by atoms with E-state index < -0.39 is 0 Å². The van der Waals surface area contributed by atoms with Gasteiger partial charge in [0.2, 0.25) is 0 Å². The second kappa shape index (κ2) is 7.69. The topological polar surface area (TPSA) is 88.5 Å². The van der Waals surface area contributed by atoms with Crippen LogP contribution in [0.15, 0.2) is 42.7 Å². The summed E-state index contributed by atoms with van der Waals surface area (Å²) < 4.78 is 6.46. The van der Waals surface area contributed by atoms with Crippen LogP contribution in [0.4, 0.5) is 15.3 Å². The summed E-state index contributed by atoms with van der Waals surface area (Å²) in [5.41, 5.74) is 1.53. The van der Waals surface area contributed by atoms with Crippen molar-refractivity contribution in [2.75, 3.05) is 25.5 Å². The predicted molar refractivity (Wildman–Crippen MR) is 92.7 cm³/mol. The van der Waals surface area contributed by atoms with Gasteiger partial charge in [-0.1, -0.05) is 6.07 Å². The Morgan fingerprint density at radius 3 is 2.96 bits per heavy atom. The van der Waals surface area contributed by atoms with Crippen molar-refractivity contribution >= 4 is 17.8 Å². The Morgan fingerprint density at radius 1 is 1.32 bits per heavy atom. The van der Waals surface area contributed by atoms with Crippen molar-refractivity contribution in [3.63, 3.8) is 0 Å². The molecule has 1 fully saturated rings. The molecule has 0 radical (unpaired) electrons. The Hall–Kier alpha value is -3.03. The molecule has 0 aliphatic carbocycles. The number of urea groups is 1. The quantitative estimate of drug-likeness (QED) is 0.894. The number of rotatable bonds is 3. The number of ether oxygens (including phenoxy) is 1. The van der Waals surface area contributed by atoms with Crippen LogP contribution < -0.4 is 10.6 Å². The van der Waals surface area contributed by atoms with E-state index in [4.69, 9.17) is 4.74 Å². The van der Waals surface area contributed by atoms with Crippen molar-refractivity contribution in [2.24, 2.45) is 0 Å². The number of carbonyl (C=O) groups is 2. The number of hydrogen-bond acceptors (Lipinski definition) is 4. The van der Waals surface area contributed by atoms with Crippen LogP contribution in [0.5, 0.6) is 0 Å². The van der Waals surface area contributed by atoms with Crippen LogP contribution in [0.3, 0.4) is 0 Å². The molecule has 1 atom stereocenters. The van der Waals surface area contributed by atoms with Crippen LogP contribution >= 0.6 is 0 Å². The molecule has 0 bridgehead atoms. The minimum absolute atomic E-state index is 0.0952. The van der Waals surface area contributed by atoms with Gasteiger partial charge in [-0.3, -0.25) is 0 Å². The van der Waals surface area contributed by atoms with E-state index in [1.54, 1.807) is 15.8 Å². The Morgan fingerprint density at radius 2 is 2.20 bits per heavy atom. The molecular formula is C17H21N5O3. The second-order valence-electron chi connectivity index (χ2n) is 5.85. The fourth-order valence-electron chi connectivity index (χ4n) is 2.89. The fourth-order valence-corrected chi connectivity index (χ4v) is 2.89. The van der Waals surface area contributed by atoms with Crippen molar-refractivity contribution < 1.29 is 14.3 Å². The molecule has 1 aromatic carbocycles. The van der Waals surface area contributed by atoms with E-state index in [1.807, 2.05) is 36.5 Å². The molecule has 3 amide bonds. The lowest BCUT2D eigenvalue weighted by atomic mass is 10.1. The van der Waals surface area contributed by atoms with Gasteiger partial charge in [-0.25, -0.2) is 14.3 Å². The van der Waals surface area contributed by atoms with E-state index in [0.717, 1.165) is 18.5 Å². The molecule has 3 rings (SSSR count).